The van der Waals surface area contributed by atoms with Gasteiger partial charge in [0.1, 0.15) is 0 Å². The first-order chi connectivity index (χ1) is 9.02. The van der Waals surface area contributed by atoms with Crippen molar-refractivity contribution in [2.45, 2.75) is 46.1 Å². The predicted molar refractivity (Wildman–Crippen MR) is 76.4 cm³/mol. The van der Waals surface area contributed by atoms with Crippen molar-refractivity contribution in [1.82, 2.24) is 9.36 Å². The van der Waals surface area contributed by atoms with Crippen molar-refractivity contribution in [2.24, 2.45) is 11.7 Å². The van der Waals surface area contributed by atoms with Crippen LogP contribution in [0.4, 0.5) is 5.13 Å². The van der Waals surface area contributed by atoms with Crippen LogP contribution in [0, 0.1) is 5.92 Å². The summed E-state index contributed by atoms with van der Waals surface area (Å²) in [5.41, 5.74) is 5.78. The molecule has 0 bridgehead atoms. The molecule has 19 heavy (non-hydrogen) atoms. The second-order valence-electron chi connectivity index (χ2n) is 4.81. The summed E-state index contributed by atoms with van der Waals surface area (Å²) in [4.78, 5) is 15.9. The minimum absolute atomic E-state index is 0.232. The van der Waals surface area contributed by atoms with Gasteiger partial charge in [-0.25, -0.2) is 0 Å². The van der Waals surface area contributed by atoms with Crippen LogP contribution in [-0.2, 0) is 4.79 Å². The Morgan fingerprint density at radius 1 is 1.53 bits per heavy atom. The lowest BCUT2D eigenvalue weighted by atomic mass is 10.0. The summed E-state index contributed by atoms with van der Waals surface area (Å²) < 4.78 is 9.35. The summed E-state index contributed by atoms with van der Waals surface area (Å²) in [5, 5.41) is 3.09. The Labute approximate surface area is 117 Å². The maximum atomic E-state index is 11.8. The summed E-state index contributed by atoms with van der Waals surface area (Å²) in [6, 6.07) is -0.209. The molecule has 6 nitrogen and oxygen atoms in total. The molecule has 0 fully saturated rings. The third-order valence-corrected chi connectivity index (χ3v) is 3.04. The Morgan fingerprint density at radius 2 is 2.26 bits per heavy atom. The van der Waals surface area contributed by atoms with Gasteiger partial charge in [0.25, 0.3) is 0 Å². The minimum Gasteiger partial charge on any atom is -0.463 e. The molecule has 1 amide bonds. The zero-order valence-corrected chi connectivity index (χ0v) is 12.5. The largest absolute Gasteiger partial charge is 0.463 e. The highest BCUT2D eigenvalue weighted by Crippen LogP contribution is 2.17. The molecule has 1 rings (SSSR count). The Bertz CT molecular complexity index is 395. The third kappa shape index (κ3) is 5.98. The van der Waals surface area contributed by atoms with Gasteiger partial charge >= 0.3 is 6.01 Å². The Kier molecular flexibility index (Phi) is 6.72. The summed E-state index contributed by atoms with van der Waals surface area (Å²) in [5.74, 6) is 0.146. The van der Waals surface area contributed by atoms with Gasteiger partial charge < -0.3 is 10.5 Å². The van der Waals surface area contributed by atoms with Crippen LogP contribution in [0.1, 0.15) is 40.0 Å². The fourth-order valence-corrected chi connectivity index (χ4v) is 1.96. The summed E-state index contributed by atoms with van der Waals surface area (Å²) in [7, 11) is 0. The van der Waals surface area contributed by atoms with E-state index in [0.29, 0.717) is 30.1 Å². The SMILES string of the molecule is CCCCOc1nsc(NC(=O)[C@@H](N)CC(C)C)n1. The van der Waals surface area contributed by atoms with Crippen molar-refractivity contribution >= 4 is 22.6 Å². The van der Waals surface area contributed by atoms with Crippen molar-refractivity contribution < 1.29 is 9.53 Å². The van der Waals surface area contributed by atoms with Crippen LogP contribution in [0.15, 0.2) is 0 Å². The van der Waals surface area contributed by atoms with Crippen LogP contribution in [-0.4, -0.2) is 27.9 Å². The first-order valence-electron chi connectivity index (χ1n) is 6.55. The lowest BCUT2D eigenvalue weighted by Crippen LogP contribution is -2.36. The number of carbonyl (C=O) groups excluding carboxylic acids is 1. The molecule has 7 heteroatoms. The molecule has 0 saturated carbocycles. The van der Waals surface area contributed by atoms with E-state index in [4.69, 9.17) is 10.5 Å². The molecule has 0 aliphatic carbocycles. The molecule has 108 valence electrons. The normalized spacial score (nSPS) is 12.5. The van der Waals surface area contributed by atoms with E-state index >= 15 is 0 Å². The number of hydrogen-bond donors (Lipinski definition) is 2. The first-order valence-corrected chi connectivity index (χ1v) is 7.33. The van der Waals surface area contributed by atoms with Crippen molar-refractivity contribution in [1.29, 1.82) is 0 Å². The van der Waals surface area contributed by atoms with Crippen LogP contribution in [0.25, 0.3) is 0 Å². The van der Waals surface area contributed by atoms with Crippen molar-refractivity contribution in [3.8, 4) is 6.01 Å². The van der Waals surface area contributed by atoms with E-state index in [1.165, 1.54) is 0 Å². The standard InChI is InChI=1S/C12H22N4O2S/c1-4-5-6-18-11-15-12(19-16-11)14-10(17)9(13)7-8(2)3/h8-9H,4-7,13H2,1-3H3,(H,14,15,16,17)/t9-/m0/s1. The number of nitrogens with two attached hydrogens (primary N) is 1. The number of ether oxygens (including phenoxy) is 1. The number of rotatable bonds is 8. The maximum Gasteiger partial charge on any atom is 0.330 e. The predicted octanol–water partition coefficient (Wildman–Crippen LogP) is 2.03. The molecule has 0 saturated heterocycles. The molecule has 0 unspecified atom stereocenters. The number of carbonyl (C=O) groups is 1. The monoisotopic (exact) mass is 286 g/mol. The van der Waals surface area contributed by atoms with E-state index in [9.17, 15) is 4.79 Å². The third-order valence-electron chi connectivity index (χ3n) is 2.43. The quantitative estimate of drug-likeness (QED) is 0.714. The number of anilines is 1. The smallest absolute Gasteiger partial charge is 0.330 e. The molecule has 0 radical (unpaired) electrons. The van der Waals surface area contributed by atoms with Crippen LogP contribution in [0.2, 0.25) is 0 Å². The number of nitrogens with zero attached hydrogens (tertiary/aromatic N) is 2. The average molecular weight is 286 g/mol. The molecule has 0 spiro atoms. The molecular formula is C12H22N4O2S. The molecule has 1 heterocycles. The van der Waals surface area contributed by atoms with Crippen LogP contribution < -0.4 is 15.8 Å². The molecule has 0 aliphatic heterocycles. The van der Waals surface area contributed by atoms with Crippen molar-refractivity contribution in [3.63, 3.8) is 0 Å². The maximum absolute atomic E-state index is 11.8. The number of aromatic nitrogens is 2. The minimum atomic E-state index is -0.520. The first kappa shape index (κ1) is 15.8. The fraction of sp³-hybridized carbons (Fsp3) is 0.750. The van der Waals surface area contributed by atoms with E-state index in [1.807, 2.05) is 13.8 Å². The summed E-state index contributed by atoms with van der Waals surface area (Å²) in [6.45, 7) is 6.72. The average Bonchev–Trinajstić information content (AvgIpc) is 2.76. The molecule has 1 aromatic rings. The van der Waals surface area contributed by atoms with E-state index in [2.05, 4.69) is 21.6 Å². The van der Waals surface area contributed by atoms with Gasteiger partial charge in [0.05, 0.1) is 12.6 Å². The van der Waals surface area contributed by atoms with E-state index < -0.39 is 6.04 Å². The van der Waals surface area contributed by atoms with Crippen LogP contribution >= 0.6 is 11.5 Å². The van der Waals surface area contributed by atoms with Gasteiger partial charge in [-0.3, -0.25) is 10.1 Å². The van der Waals surface area contributed by atoms with Gasteiger partial charge in [-0.05, 0) is 18.8 Å². The van der Waals surface area contributed by atoms with Crippen molar-refractivity contribution in [3.05, 3.63) is 0 Å². The lowest BCUT2D eigenvalue weighted by molar-refractivity contribution is -0.117. The van der Waals surface area contributed by atoms with Gasteiger partial charge in [-0.15, -0.1) is 4.37 Å². The van der Waals surface area contributed by atoms with Gasteiger partial charge in [0.2, 0.25) is 11.0 Å². The number of hydrogen-bond acceptors (Lipinski definition) is 6. The van der Waals surface area contributed by atoms with Crippen LogP contribution in [0.3, 0.4) is 0 Å². The molecule has 0 aromatic carbocycles. The molecular weight excluding hydrogens is 264 g/mol. The van der Waals surface area contributed by atoms with Crippen molar-refractivity contribution in [2.75, 3.05) is 11.9 Å². The number of nitrogens with one attached hydrogen (secondary N) is 1. The number of amides is 1. The fourth-order valence-electron chi connectivity index (χ4n) is 1.44. The van der Waals surface area contributed by atoms with Crippen LogP contribution in [0.5, 0.6) is 6.01 Å². The topological polar surface area (TPSA) is 90.1 Å². The Balaban J connectivity index is 2.42. The van der Waals surface area contributed by atoms with E-state index in [0.717, 1.165) is 24.4 Å². The number of unbranched alkanes of at least 4 members (excludes halogenated alkanes) is 1. The Hall–Kier alpha value is -1.21. The second kappa shape index (κ2) is 8.06. The second-order valence-corrected chi connectivity index (χ2v) is 5.56. The summed E-state index contributed by atoms with van der Waals surface area (Å²) >= 11 is 1.10. The molecule has 1 atom stereocenters. The van der Waals surface area contributed by atoms with E-state index in [-0.39, 0.29) is 5.91 Å². The van der Waals surface area contributed by atoms with Gasteiger partial charge in [0, 0.05) is 11.5 Å². The Morgan fingerprint density at radius 3 is 2.89 bits per heavy atom. The highest BCUT2D eigenvalue weighted by molar-refractivity contribution is 7.10. The zero-order chi connectivity index (χ0) is 14.3. The van der Waals surface area contributed by atoms with Gasteiger partial charge in [-0.1, -0.05) is 27.2 Å². The highest BCUT2D eigenvalue weighted by atomic mass is 32.1. The molecule has 3 N–H and O–H groups in total. The van der Waals surface area contributed by atoms with E-state index in [1.54, 1.807) is 0 Å². The zero-order valence-electron chi connectivity index (χ0n) is 11.7. The highest BCUT2D eigenvalue weighted by Gasteiger charge is 2.17. The molecule has 0 aliphatic rings. The van der Waals surface area contributed by atoms with Gasteiger partial charge in [-0.2, -0.15) is 4.98 Å². The van der Waals surface area contributed by atoms with Gasteiger partial charge in [0.15, 0.2) is 0 Å². The molecule has 1 aromatic heterocycles. The lowest BCUT2D eigenvalue weighted by Gasteiger charge is -2.12. The summed E-state index contributed by atoms with van der Waals surface area (Å²) in [6.07, 6.45) is 2.66.